The predicted octanol–water partition coefficient (Wildman–Crippen LogP) is 4.61. The van der Waals surface area contributed by atoms with E-state index in [1.54, 1.807) is 18.2 Å². The molecule has 0 aliphatic carbocycles. The lowest BCUT2D eigenvalue weighted by Crippen LogP contribution is -2.30. The average molecular weight is 396 g/mol. The molecule has 0 heterocycles. The van der Waals surface area contributed by atoms with Gasteiger partial charge in [0.25, 0.3) is 15.7 Å². The van der Waals surface area contributed by atoms with Crippen molar-refractivity contribution in [3.8, 4) is 0 Å². The molecule has 3 rings (SSSR count). The van der Waals surface area contributed by atoms with Crippen LogP contribution in [-0.4, -0.2) is 13.3 Å². The third kappa shape index (κ3) is 4.20. The van der Waals surface area contributed by atoms with Crippen molar-refractivity contribution in [1.29, 1.82) is 0 Å². The molecule has 0 atom stereocenters. The molecule has 0 amide bonds. The van der Waals surface area contributed by atoms with E-state index in [2.05, 4.69) is 0 Å². The molecule has 0 N–H and O–H groups in total. The third-order valence-electron chi connectivity index (χ3n) is 4.35. The van der Waals surface area contributed by atoms with Crippen molar-refractivity contribution in [3.05, 3.63) is 99.6 Å². The van der Waals surface area contributed by atoms with Gasteiger partial charge in [0.2, 0.25) is 0 Å². The molecule has 0 aliphatic rings. The standard InChI is InChI=1S/C21H20N2O4S/c1-16-9-11-18(12-10-16)15-22(19-6-3-5-17(2)13-19)28(26,27)21-8-4-7-20(14-21)23(24)25/h3-14H,15H2,1-2H3. The van der Waals surface area contributed by atoms with E-state index in [0.717, 1.165) is 22.8 Å². The van der Waals surface area contributed by atoms with E-state index in [1.165, 1.54) is 22.5 Å². The van der Waals surface area contributed by atoms with E-state index in [1.807, 2.05) is 44.2 Å². The number of hydrogen-bond acceptors (Lipinski definition) is 4. The molecule has 0 bridgehead atoms. The fourth-order valence-corrected chi connectivity index (χ4v) is 4.33. The number of aryl methyl sites for hydroxylation is 2. The molecule has 0 spiro atoms. The SMILES string of the molecule is Cc1ccc(CN(c2cccc(C)c2)S(=O)(=O)c2cccc([N+](=O)[O-])c2)cc1. The zero-order valence-corrected chi connectivity index (χ0v) is 16.4. The van der Waals surface area contributed by atoms with Gasteiger partial charge in [0.15, 0.2) is 0 Å². The molecule has 3 aromatic rings. The molecule has 6 nitrogen and oxygen atoms in total. The van der Waals surface area contributed by atoms with Gasteiger partial charge in [0.1, 0.15) is 0 Å². The molecule has 3 aromatic carbocycles. The van der Waals surface area contributed by atoms with Gasteiger partial charge >= 0.3 is 0 Å². The first-order chi connectivity index (χ1) is 13.3. The van der Waals surface area contributed by atoms with Crippen LogP contribution in [0.1, 0.15) is 16.7 Å². The van der Waals surface area contributed by atoms with Crippen molar-refractivity contribution in [1.82, 2.24) is 0 Å². The van der Waals surface area contributed by atoms with Gasteiger partial charge in [-0.15, -0.1) is 0 Å². The summed E-state index contributed by atoms with van der Waals surface area (Å²) in [4.78, 5) is 10.4. The van der Waals surface area contributed by atoms with Crippen LogP contribution < -0.4 is 4.31 Å². The first-order valence-electron chi connectivity index (χ1n) is 8.67. The summed E-state index contributed by atoms with van der Waals surface area (Å²) in [5.74, 6) is 0. The predicted molar refractivity (Wildman–Crippen MR) is 109 cm³/mol. The van der Waals surface area contributed by atoms with Gasteiger partial charge < -0.3 is 0 Å². The molecular formula is C21H20N2O4S. The topological polar surface area (TPSA) is 80.5 Å². The summed E-state index contributed by atoms with van der Waals surface area (Å²) in [6.07, 6.45) is 0. The van der Waals surface area contributed by atoms with Crippen LogP contribution in [-0.2, 0) is 16.6 Å². The lowest BCUT2D eigenvalue weighted by molar-refractivity contribution is -0.385. The Morgan fingerprint density at radius 1 is 0.893 bits per heavy atom. The third-order valence-corrected chi connectivity index (χ3v) is 6.12. The summed E-state index contributed by atoms with van der Waals surface area (Å²) < 4.78 is 28.1. The first-order valence-corrected chi connectivity index (χ1v) is 10.1. The minimum Gasteiger partial charge on any atom is -0.262 e. The van der Waals surface area contributed by atoms with Crippen LogP contribution in [0, 0.1) is 24.0 Å². The minimum atomic E-state index is -4.01. The number of nitro groups is 1. The quantitative estimate of drug-likeness (QED) is 0.450. The molecular weight excluding hydrogens is 376 g/mol. The molecule has 0 fully saturated rings. The van der Waals surface area contributed by atoms with E-state index in [-0.39, 0.29) is 17.1 Å². The van der Waals surface area contributed by atoms with E-state index < -0.39 is 14.9 Å². The van der Waals surface area contributed by atoms with Crippen molar-refractivity contribution in [2.45, 2.75) is 25.3 Å². The van der Waals surface area contributed by atoms with Gasteiger partial charge in [0.05, 0.1) is 22.1 Å². The van der Waals surface area contributed by atoms with Crippen LogP contribution in [0.15, 0.2) is 77.7 Å². The van der Waals surface area contributed by atoms with Crippen molar-refractivity contribution in [2.24, 2.45) is 0 Å². The Morgan fingerprint density at radius 3 is 2.21 bits per heavy atom. The molecule has 0 aliphatic heterocycles. The van der Waals surface area contributed by atoms with Crippen LogP contribution in [0.2, 0.25) is 0 Å². The van der Waals surface area contributed by atoms with E-state index in [9.17, 15) is 18.5 Å². The molecule has 0 unspecified atom stereocenters. The van der Waals surface area contributed by atoms with Crippen LogP contribution in [0.4, 0.5) is 11.4 Å². The zero-order chi connectivity index (χ0) is 20.3. The number of benzene rings is 3. The van der Waals surface area contributed by atoms with Gasteiger partial charge in [-0.2, -0.15) is 0 Å². The monoisotopic (exact) mass is 396 g/mol. The van der Waals surface area contributed by atoms with Crippen LogP contribution in [0.5, 0.6) is 0 Å². The highest BCUT2D eigenvalue weighted by molar-refractivity contribution is 7.92. The highest BCUT2D eigenvalue weighted by Gasteiger charge is 2.27. The Labute approximate surface area is 164 Å². The van der Waals surface area contributed by atoms with Crippen molar-refractivity contribution in [3.63, 3.8) is 0 Å². The van der Waals surface area contributed by atoms with Crippen molar-refractivity contribution in [2.75, 3.05) is 4.31 Å². The lowest BCUT2D eigenvalue weighted by Gasteiger charge is -2.25. The van der Waals surface area contributed by atoms with Crippen LogP contribution >= 0.6 is 0 Å². The Bertz CT molecular complexity index is 1110. The van der Waals surface area contributed by atoms with Gasteiger partial charge in [-0.25, -0.2) is 8.42 Å². The molecule has 0 aromatic heterocycles. The zero-order valence-electron chi connectivity index (χ0n) is 15.6. The maximum atomic E-state index is 13.4. The highest BCUT2D eigenvalue weighted by Crippen LogP contribution is 2.28. The Kier molecular flexibility index (Phi) is 5.46. The fourth-order valence-electron chi connectivity index (χ4n) is 2.84. The summed E-state index contributed by atoms with van der Waals surface area (Å²) in [5.41, 5.74) is 3.06. The van der Waals surface area contributed by atoms with Crippen molar-refractivity contribution < 1.29 is 13.3 Å². The second-order valence-electron chi connectivity index (χ2n) is 6.59. The second kappa shape index (κ2) is 7.82. The maximum Gasteiger partial charge on any atom is 0.270 e. The van der Waals surface area contributed by atoms with Gasteiger partial charge in [-0.1, -0.05) is 48.0 Å². The summed E-state index contributed by atoms with van der Waals surface area (Å²) in [6.45, 7) is 3.96. The number of sulfonamides is 1. The van der Waals surface area contributed by atoms with Crippen LogP contribution in [0.3, 0.4) is 0 Å². The van der Waals surface area contributed by atoms with E-state index in [4.69, 9.17) is 0 Å². The normalized spacial score (nSPS) is 11.2. The number of non-ortho nitro benzene ring substituents is 1. The largest absolute Gasteiger partial charge is 0.270 e. The maximum absolute atomic E-state index is 13.4. The summed E-state index contributed by atoms with van der Waals surface area (Å²) in [7, 11) is -4.01. The van der Waals surface area contributed by atoms with Gasteiger partial charge in [-0.3, -0.25) is 14.4 Å². The summed E-state index contributed by atoms with van der Waals surface area (Å²) >= 11 is 0. The van der Waals surface area contributed by atoms with Gasteiger partial charge in [0, 0.05) is 12.1 Å². The first kappa shape index (κ1) is 19.6. The molecule has 144 valence electrons. The van der Waals surface area contributed by atoms with Crippen molar-refractivity contribution >= 4 is 21.4 Å². The Balaban J connectivity index is 2.10. The average Bonchev–Trinajstić information content (AvgIpc) is 2.67. The van der Waals surface area contributed by atoms with Crippen LogP contribution in [0.25, 0.3) is 0 Å². The molecule has 28 heavy (non-hydrogen) atoms. The number of anilines is 1. The number of nitro benzene ring substituents is 1. The van der Waals surface area contributed by atoms with E-state index in [0.29, 0.717) is 5.69 Å². The smallest absolute Gasteiger partial charge is 0.262 e. The molecule has 0 saturated heterocycles. The van der Waals surface area contributed by atoms with Gasteiger partial charge in [-0.05, 0) is 43.2 Å². The Hall–Kier alpha value is -3.19. The Morgan fingerprint density at radius 2 is 1.57 bits per heavy atom. The second-order valence-corrected chi connectivity index (χ2v) is 8.45. The van der Waals surface area contributed by atoms with E-state index >= 15 is 0 Å². The highest BCUT2D eigenvalue weighted by atomic mass is 32.2. The lowest BCUT2D eigenvalue weighted by atomic mass is 10.1. The summed E-state index contributed by atoms with van der Waals surface area (Å²) in [5, 5.41) is 11.1. The molecule has 0 saturated carbocycles. The molecule has 7 heteroatoms. The molecule has 0 radical (unpaired) electrons. The number of nitrogens with zero attached hydrogens (tertiary/aromatic N) is 2. The number of hydrogen-bond donors (Lipinski definition) is 0. The minimum absolute atomic E-state index is 0.115. The fraction of sp³-hybridized carbons (Fsp3) is 0.143. The summed E-state index contributed by atoms with van der Waals surface area (Å²) in [6, 6.07) is 19.9. The number of rotatable bonds is 6.